The number of nitrogens with one attached hydrogen (secondary N) is 2. The largest absolute Gasteiger partial charge is 0.495 e. The zero-order valence-electron chi connectivity index (χ0n) is 11.6. The number of anilines is 1. The molecule has 0 radical (unpaired) electrons. The molecule has 0 atom stereocenters. The molecule has 1 aromatic carbocycles. The Morgan fingerprint density at radius 2 is 2.05 bits per heavy atom. The number of hydrogen-bond donors (Lipinski definition) is 3. The second kappa shape index (κ2) is 6.29. The summed E-state index contributed by atoms with van der Waals surface area (Å²) in [5, 5.41) is 3.08. The Labute approximate surface area is 123 Å². The number of carbonyl (C=O) groups is 1. The fourth-order valence-electron chi connectivity index (χ4n) is 2.03. The lowest BCUT2D eigenvalue weighted by molar-refractivity contribution is 0.100. The highest BCUT2D eigenvalue weighted by atomic mass is 32.2. The predicted molar refractivity (Wildman–Crippen MR) is 78.5 cm³/mol. The van der Waals surface area contributed by atoms with Crippen LogP contribution in [0, 0.1) is 0 Å². The molecule has 0 unspecified atom stereocenters. The zero-order valence-corrected chi connectivity index (χ0v) is 12.4. The van der Waals surface area contributed by atoms with Gasteiger partial charge in [0.1, 0.15) is 5.75 Å². The van der Waals surface area contributed by atoms with Crippen LogP contribution in [0.1, 0.15) is 10.4 Å². The normalized spacial score (nSPS) is 16.4. The summed E-state index contributed by atoms with van der Waals surface area (Å²) in [7, 11) is -2.28. The minimum atomic E-state index is -3.70. The second-order valence-corrected chi connectivity index (χ2v) is 6.21. The van der Waals surface area contributed by atoms with Crippen LogP contribution < -0.4 is 20.5 Å². The molecule has 1 saturated heterocycles. The minimum Gasteiger partial charge on any atom is -0.495 e. The van der Waals surface area contributed by atoms with E-state index in [9.17, 15) is 13.2 Å². The van der Waals surface area contributed by atoms with Gasteiger partial charge in [-0.3, -0.25) is 9.52 Å². The molecular formula is C12H18N4O4S. The summed E-state index contributed by atoms with van der Waals surface area (Å²) in [6, 6.07) is 4.33. The summed E-state index contributed by atoms with van der Waals surface area (Å²) in [5.74, 6) is -0.320. The molecule has 0 bridgehead atoms. The van der Waals surface area contributed by atoms with Crippen LogP contribution in [0.25, 0.3) is 0 Å². The number of carbonyl (C=O) groups excluding carboxylic acids is 1. The molecule has 0 aromatic heterocycles. The van der Waals surface area contributed by atoms with Crippen LogP contribution >= 0.6 is 0 Å². The van der Waals surface area contributed by atoms with Crippen LogP contribution in [-0.4, -0.2) is 51.9 Å². The number of piperazine rings is 1. The molecule has 0 spiro atoms. The summed E-state index contributed by atoms with van der Waals surface area (Å²) in [4.78, 5) is 11.2. The predicted octanol–water partition coefficient (Wildman–Crippen LogP) is -0.644. The number of nitrogens with two attached hydrogens (primary N) is 1. The molecule has 116 valence electrons. The Kier molecular flexibility index (Phi) is 4.66. The highest BCUT2D eigenvalue weighted by molar-refractivity contribution is 7.90. The molecule has 2 rings (SSSR count). The topological polar surface area (TPSA) is 114 Å². The van der Waals surface area contributed by atoms with Crippen molar-refractivity contribution < 1.29 is 17.9 Å². The van der Waals surface area contributed by atoms with Crippen molar-refractivity contribution in [3.05, 3.63) is 23.8 Å². The molecule has 1 heterocycles. The second-order valence-electron chi connectivity index (χ2n) is 4.54. The van der Waals surface area contributed by atoms with E-state index in [0.29, 0.717) is 31.9 Å². The molecular weight excluding hydrogens is 296 g/mol. The van der Waals surface area contributed by atoms with Crippen molar-refractivity contribution in [2.24, 2.45) is 5.73 Å². The fraction of sp³-hybridized carbons (Fsp3) is 0.417. The van der Waals surface area contributed by atoms with Gasteiger partial charge in [0.15, 0.2) is 0 Å². The van der Waals surface area contributed by atoms with Crippen LogP contribution in [-0.2, 0) is 10.2 Å². The van der Waals surface area contributed by atoms with E-state index in [1.165, 1.54) is 29.6 Å². The summed E-state index contributed by atoms with van der Waals surface area (Å²) < 4.78 is 33.5. The zero-order chi connectivity index (χ0) is 15.5. The van der Waals surface area contributed by atoms with Gasteiger partial charge in [0.25, 0.3) is 0 Å². The molecule has 21 heavy (non-hydrogen) atoms. The highest BCUT2D eigenvalue weighted by Gasteiger charge is 2.25. The van der Waals surface area contributed by atoms with Crippen molar-refractivity contribution in [3.8, 4) is 5.75 Å². The summed E-state index contributed by atoms with van der Waals surface area (Å²) in [6.45, 7) is 1.96. The van der Waals surface area contributed by atoms with Crippen LogP contribution in [0.3, 0.4) is 0 Å². The first-order valence-electron chi connectivity index (χ1n) is 6.40. The van der Waals surface area contributed by atoms with Gasteiger partial charge in [0.2, 0.25) is 5.91 Å². The van der Waals surface area contributed by atoms with Crippen molar-refractivity contribution in [2.75, 3.05) is 38.0 Å². The third kappa shape index (κ3) is 3.63. The Balaban J connectivity index is 2.28. The van der Waals surface area contributed by atoms with Crippen LogP contribution in [0.2, 0.25) is 0 Å². The van der Waals surface area contributed by atoms with Gasteiger partial charge in [-0.15, -0.1) is 0 Å². The van der Waals surface area contributed by atoms with Gasteiger partial charge in [0.05, 0.1) is 12.8 Å². The summed E-state index contributed by atoms with van der Waals surface area (Å²) in [5.41, 5.74) is 5.60. The maximum Gasteiger partial charge on any atom is 0.301 e. The van der Waals surface area contributed by atoms with E-state index in [0.717, 1.165) is 0 Å². The van der Waals surface area contributed by atoms with E-state index in [1.807, 2.05) is 0 Å². The van der Waals surface area contributed by atoms with Crippen molar-refractivity contribution in [3.63, 3.8) is 0 Å². The molecule has 1 aliphatic heterocycles. The molecule has 1 aliphatic rings. The van der Waals surface area contributed by atoms with E-state index in [-0.39, 0.29) is 11.3 Å². The first-order valence-corrected chi connectivity index (χ1v) is 7.84. The van der Waals surface area contributed by atoms with E-state index in [4.69, 9.17) is 10.5 Å². The molecule has 0 aliphatic carbocycles. The molecule has 8 nitrogen and oxygen atoms in total. The summed E-state index contributed by atoms with van der Waals surface area (Å²) >= 11 is 0. The third-order valence-corrected chi connectivity index (χ3v) is 4.66. The molecule has 1 fully saturated rings. The first-order chi connectivity index (χ1) is 9.94. The van der Waals surface area contributed by atoms with Gasteiger partial charge >= 0.3 is 10.2 Å². The Morgan fingerprint density at radius 3 is 2.62 bits per heavy atom. The summed E-state index contributed by atoms with van der Waals surface area (Å²) in [6.07, 6.45) is 0. The lowest BCUT2D eigenvalue weighted by atomic mass is 10.2. The number of hydrogen-bond acceptors (Lipinski definition) is 5. The van der Waals surface area contributed by atoms with E-state index in [1.54, 1.807) is 0 Å². The van der Waals surface area contributed by atoms with E-state index in [2.05, 4.69) is 10.0 Å². The standard InChI is InChI=1S/C12H18N4O4S/c1-20-11-3-2-9(12(13)17)8-10(11)15-21(18,19)16-6-4-14-5-7-16/h2-3,8,14-15H,4-7H2,1H3,(H2,13,17). The van der Waals surface area contributed by atoms with Crippen LogP contribution in [0.5, 0.6) is 5.75 Å². The Hall–Kier alpha value is -1.84. The quantitative estimate of drug-likeness (QED) is 0.669. The highest BCUT2D eigenvalue weighted by Crippen LogP contribution is 2.27. The van der Waals surface area contributed by atoms with Crippen molar-refractivity contribution >= 4 is 21.8 Å². The molecule has 9 heteroatoms. The van der Waals surface area contributed by atoms with Gasteiger partial charge in [-0.2, -0.15) is 12.7 Å². The van der Waals surface area contributed by atoms with Gasteiger partial charge in [-0.05, 0) is 18.2 Å². The van der Waals surface area contributed by atoms with Gasteiger partial charge in [-0.1, -0.05) is 0 Å². The number of amides is 1. The lowest BCUT2D eigenvalue weighted by Crippen LogP contribution is -2.48. The number of primary amides is 1. The number of rotatable bonds is 5. The number of ether oxygens (including phenoxy) is 1. The van der Waals surface area contributed by atoms with Gasteiger partial charge < -0.3 is 15.8 Å². The maximum atomic E-state index is 12.3. The molecule has 0 saturated carbocycles. The number of benzene rings is 1. The van der Waals surface area contributed by atoms with E-state index < -0.39 is 16.1 Å². The average molecular weight is 314 g/mol. The maximum absolute atomic E-state index is 12.3. The van der Waals surface area contributed by atoms with Gasteiger partial charge in [-0.25, -0.2) is 0 Å². The Morgan fingerprint density at radius 1 is 1.38 bits per heavy atom. The lowest BCUT2D eigenvalue weighted by Gasteiger charge is -2.27. The van der Waals surface area contributed by atoms with Crippen molar-refractivity contribution in [1.29, 1.82) is 0 Å². The van der Waals surface area contributed by atoms with Gasteiger partial charge in [0, 0.05) is 31.7 Å². The van der Waals surface area contributed by atoms with E-state index >= 15 is 0 Å². The van der Waals surface area contributed by atoms with Crippen molar-refractivity contribution in [1.82, 2.24) is 9.62 Å². The van der Waals surface area contributed by atoms with Crippen molar-refractivity contribution in [2.45, 2.75) is 0 Å². The van der Waals surface area contributed by atoms with Crippen LogP contribution in [0.15, 0.2) is 18.2 Å². The minimum absolute atomic E-state index is 0.187. The fourth-order valence-corrected chi connectivity index (χ4v) is 3.26. The van der Waals surface area contributed by atoms with Crippen LogP contribution in [0.4, 0.5) is 5.69 Å². The molecule has 4 N–H and O–H groups in total. The smallest absolute Gasteiger partial charge is 0.301 e. The monoisotopic (exact) mass is 314 g/mol. The third-order valence-electron chi connectivity index (χ3n) is 3.14. The molecule has 1 amide bonds. The number of methoxy groups -OCH3 is 1. The Bertz CT molecular complexity index is 626. The average Bonchev–Trinajstić information content (AvgIpc) is 2.47. The first kappa shape index (κ1) is 15.5. The SMILES string of the molecule is COc1ccc(C(N)=O)cc1NS(=O)(=O)N1CCNCC1. The number of nitrogens with zero attached hydrogens (tertiary/aromatic N) is 1. The molecule has 1 aromatic rings.